The van der Waals surface area contributed by atoms with Gasteiger partial charge in [-0.05, 0) is 75.8 Å². The predicted octanol–water partition coefficient (Wildman–Crippen LogP) is 3.53. The summed E-state index contributed by atoms with van der Waals surface area (Å²) in [6.07, 6.45) is 9.45. The molecule has 1 fully saturated rings. The predicted molar refractivity (Wildman–Crippen MR) is 85.0 cm³/mol. The van der Waals surface area contributed by atoms with Crippen LogP contribution in [0.25, 0.3) is 0 Å². The van der Waals surface area contributed by atoms with E-state index in [-0.39, 0.29) is 0 Å². The number of likely N-dealkylation sites (tertiary alicyclic amines) is 1. The van der Waals surface area contributed by atoms with Crippen molar-refractivity contribution in [3.05, 3.63) is 35.4 Å². The molecule has 1 saturated heterocycles. The zero-order valence-electron chi connectivity index (χ0n) is 12.6. The minimum atomic E-state index is 0.598. The van der Waals surface area contributed by atoms with Crippen LogP contribution in [0, 0.1) is 0 Å². The van der Waals surface area contributed by atoms with Crippen molar-refractivity contribution in [1.82, 2.24) is 10.2 Å². The van der Waals surface area contributed by atoms with Gasteiger partial charge in [-0.3, -0.25) is 0 Å². The second-order valence-electron chi connectivity index (χ2n) is 6.35. The Labute approximate surface area is 123 Å². The van der Waals surface area contributed by atoms with E-state index in [4.69, 9.17) is 0 Å². The van der Waals surface area contributed by atoms with Crippen LogP contribution in [0.4, 0.5) is 0 Å². The van der Waals surface area contributed by atoms with Crippen LogP contribution < -0.4 is 5.32 Å². The smallest absolute Gasteiger partial charge is 0.0323 e. The molecule has 0 amide bonds. The number of piperidine rings is 1. The highest BCUT2D eigenvalue weighted by Crippen LogP contribution is 2.29. The number of benzene rings is 1. The molecule has 3 rings (SSSR count). The lowest BCUT2D eigenvalue weighted by Crippen LogP contribution is -2.33. The van der Waals surface area contributed by atoms with E-state index in [0.29, 0.717) is 6.04 Å². The molecule has 1 aromatic carbocycles. The SMILES string of the molecule is c1ccc2c(c1)CCCC2NCCCN1CCCCC1. The molecule has 0 spiro atoms. The lowest BCUT2D eigenvalue weighted by Gasteiger charge is -2.28. The molecule has 110 valence electrons. The Hall–Kier alpha value is -0.860. The van der Waals surface area contributed by atoms with Gasteiger partial charge >= 0.3 is 0 Å². The summed E-state index contributed by atoms with van der Waals surface area (Å²) in [7, 11) is 0. The standard InChI is InChI=1S/C18H28N2/c1-4-13-20(14-5-1)15-7-12-19-18-11-6-9-16-8-2-3-10-17(16)18/h2-3,8,10,18-19H,1,4-7,9,11-15H2. The number of nitrogens with zero attached hydrogens (tertiary/aromatic N) is 1. The molecular weight excluding hydrogens is 244 g/mol. The number of nitrogens with one attached hydrogen (secondary N) is 1. The largest absolute Gasteiger partial charge is 0.310 e. The van der Waals surface area contributed by atoms with Gasteiger partial charge in [-0.15, -0.1) is 0 Å². The first-order valence-electron chi connectivity index (χ1n) is 8.47. The summed E-state index contributed by atoms with van der Waals surface area (Å²) < 4.78 is 0. The molecule has 2 nitrogen and oxygen atoms in total. The molecule has 0 bridgehead atoms. The first-order valence-corrected chi connectivity index (χ1v) is 8.47. The van der Waals surface area contributed by atoms with Crippen LogP contribution in [0.1, 0.15) is 55.7 Å². The van der Waals surface area contributed by atoms with Crippen LogP contribution in [0.3, 0.4) is 0 Å². The van der Waals surface area contributed by atoms with Gasteiger partial charge in [-0.25, -0.2) is 0 Å². The highest BCUT2D eigenvalue weighted by atomic mass is 15.1. The highest BCUT2D eigenvalue weighted by Gasteiger charge is 2.18. The van der Waals surface area contributed by atoms with E-state index in [0.717, 1.165) is 6.54 Å². The summed E-state index contributed by atoms with van der Waals surface area (Å²) >= 11 is 0. The molecule has 0 saturated carbocycles. The molecule has 1 aromatic rings. The average molecular weight is 272 g/mol. The van der Waals surface area contributed by atoms with Crippen LogP contribution in [0.2, 0.25) is 0 Å². The molecule has 1 heterocycles. The van der Waals surface area contributed by atoms with Gasteiger partial charge in [-0.2, -0.15) is 0 Å². The fraction of sp³-hybridized carbons (Fsp3) is 0.667. The van der Waals surface area contributed by atoms with Gasteiger partial charge in [0.15, 0.2) is 0 Å². The maximum Gasteiger partial charge on any atom is 0.0323 e. The van der Waals surface area contributed by atoms with Crippen molar-refractivity contribution in [1.29, 1.82) is 0 Å². The number of hydrogen-bond donors (Lipinski definition) is 1. The molecule has 0 aromatic heterocycles. The summed E-state index contributed by atoms with van der Waals surface area (Å²) in [5.74, 6) is 0. The fourth-order valence-corrected chi connectivity index (χ4v) is 3.73. The van der Waals surface area contributed by atoms with Crippen LogP contribution in [0.15, 0.2) is 24.3 Å². The second kappa shape index (κ2) is 7.24. The first kappa shape index (κ1) is 14.1. The summed E-state index contributed by atoms with van der Waals surface area (Å²) in [6.45, 7) is 5.09. The van der Waals surface area contributed by atoms with Crippen molar-refractivity contribution in [2.75, 3.05) is 26.2 Å². The zero-order valence-corrected chi connectivity index (χ0v) is 12.6. The van der Waals surface area contributed by atoms with E-state index in [1.54, 1.807) is 11.1 Å². The van der Waals surface area contributed by atoms with Crippen LogP contribution in [-0.2, 0) is 6.42 Å². The van der Waals surface area contributed by atoms with Crippen molar-refractivity contribution in [2.45, 2.75) is 51.0 Å². The molecule has 2 aliphatic rings. The van der Waals surface area contributed by atoms with Crippen LogP contribution in [-0.4, -0.2) is 31.1 Å². The lowest BCUT2D eigenvalue weighted by atomic mass is 9.88. The van der Waals surface area contributed by atoms with E-state index in [2.05, 4.69) is 34.5 Å². The molecule has 1 aliphatic carbocycles. The van der Waals surface area contributed by atoms with E-state index in [9.17, 15) is 0 Å². The quantitative estimate of drug-likeness (QED) is 0.825. The Bertz CT molecular complexity index is 410. The Morgan fingerprint density at radius 2 is 1.90 bits per heavy atom. The Kier molecular flexibility index (Phi) is 5.10. The fourth-order valence-electron chi connectivity index (χ4n) is 3.73. The Balaban J connectivity index is 1.43. The molecule has 1 atom stereocenters. The average Bonchev–Trinajstić information content (AvgIpc) is 2.53. The van der Waals surface area contributed by atoms with Crippen LogP contribution >= 0.6 is 0 Å². The van der Waals surface area contributed by atoms with E-state index >= 15 is 0 Å². The van der Waals surface area contributed by atoms with Crippen molar-refractivity contribution in [2.24, 2.45) is 0 Å². The summed E-state index contributed by atoms with van der Waals surface area (Å²) in [4.78, 5) is 2.64. The van der Waals surface area contributed by atoms with Crippen molar-refractivity contribution >= 4 is 0 Å². The van der Waals surface area contributed by atoms with Gasteiger partial charge in [-0.1, -0.05) is 30.7 Å². The molecule has 2 heteroatoms. The summed E-state index contributed by atoms with van der Waals surface area (Å²) in [6, 6.07) is 9.58. The molecule has 1 N–H and O–H groups in total. The first-order chi connectivity index (χ1) is 9.93. The number of fused-ring (bicyclic) bond motifs is 1. The minimum absolute atomic E-state index is 0.598. The van der Waals surface area contributed by atoms with Crippen LogP contribution in [0.5, 0.6) is 0 Å². The Morgan fingerprint density at radius 1 is 1.05 bits per heavy atom. The van der Waals surface area contributed by atoms with Crippen molar-refractivity contribution in [3.63, 3.8) is 0 Å². The maximum atomic E-state index is 3.79. The maximum absolute atomic E-state index is 3.79. The van der Waals surface area contributed by atoms with Gasteiger partial charge in [0.25, 0.3) is 0 Å². The van der Waals surface area contributed by atoms with Gasteiger partial charge in [0.2, 0.25) is 0 Å². The topological polar surface area (TPSA) is 15.3 Å². The highest BCUT2D eigenvalue weighted by molar-refractivity contribution is 5.32. The van der Waals surface area contributed by atoms with Crippen molar-refractivity contribution < 1.29 is 0 Å². The third-order valence-electron chi connectivity index (χ3n) is 4.86. The van der Waals surface area contributed by atoms with Gasteiger partial charge in [0.1, 0.15) is 0 Å². The number of hydrogen-bond acceptors (Lipinski definition) is 2. The van der Waals surface area contributed by atoms with Gasteiger partial charge in [0.05, 0.1) is 0 Å². The summed E-state index contributed by atoms with van der Waals surface area (Å²) in [5.41, 5.74) is 3.11. The number of rotatable bonds is 5. The third kappa shape index (κ3) is 3.62. The Morgan fingerprint density at radius 3 is 2.80 bits per heavy atom. The molecule has 1 aliphatic heterocycles. The third-order valence-corrected chi connectivity index (χ3v) is 4.86. The molecule has 20 heavy (non-hydrogen) atoms. The van der Waals surface area contributed by atoms with Crippen molar-refractivity contribution in [3.8, 4) is 0 Å². The van der Waals surface area contributed by atoms with E-state index in [1.165, 1.54) is 64.6 Å². The van der Waals surface area contributed by atoms with Gasteiger partial charge < -0.3 is 10.2 Å². The minimum Gasteiger partial charge on any atom is -0.310 e. The molecule has 1 unspecified atom stereocenters. The monoisotopic (exact) mass is 272 g/mol. The zero-order chi connectivity index (χ0) is 13.6. The normalized spacial score (nSPS) is 23.5. The van der Waals surface area contributed by atoms with Gasteiger partial charge in [0, 0.05) is 6.04 Å². The second-order valence-corrected chi connectivity index (χ2v) is 6.35. The lowest BCUT2D eigenvalue weighted by molar-refractivity contribution is 0.224. The number of aryl methyl sites for hydroxylation is 1. The molecule has 0 radical (unpaired) electrons. The van der Waals surface area contributed by atoms with E-state index < -0.39 is 0 Å². The molecular formula is C18H28N2. The van der Waals surface area contributed by atoms with E-state index in [1.807, 2.05) is 0 Å². The summed E-state index contributed by atoms with van der Waals surface area (Å²) in [5, 5.41) is 3.79.